The van der Waals surface area contributed by atoms with E-state index in [0.29, 0.717) is 0 Å². The summed E-state index contributed by atoms with van der Waals surface area (Å²) >= 11 is 1.91. The fraction of sp³-hybridized carbons (Fsp3) is 0.120. The average Bonchev–Trinajstić information content (AvgIpc) is 3.74. The molecule has 11 rings (SSSR count). The van der Waals surface area contributed by atoms with Gasteiger partial charge in [-0.15, -0.1) is 11.3 Å². The van der Waals surface area contributed by atoms with E-state index in [2.05, 4.69) is 184 Å². The molecule has 1 aromatic heterocycles. The molecule has 9 aromatic rings. The molecule has 248 valence electrons. The Labute approximate surface area is 308 Å². The van der Waals surface area contributed by atoms with Crippen LogP contribution in [-0.2, 0) is 10.8 Å². The molecule has 0 aliphatic heterocycles. The fourth-order valence-corrected chi connectivity index (χ4v) is 10.8. The second kappa shape index (κ2) is 10.4. The normalized spacial score (nSPS) is 14.8. The highest BCUT2D eigenvalue weighted by Crippen LogP contribution is 2.53. The maximum Gasteiger partial charge on any atom is 0.0468 e. The van der Waals surface area contributed by atoms with Gasteiger partial charge in [0.05, 0.1) is 0 Å². The van der Waals surface area contributed by atoms with Crippen molar-refractivity contribution in [2.24, 2.45) is 0 Å². The average molecular weight is 684 g/mol. The molecule has 0 radical (unpaired) electrons. The van der Waals surface area contributed by atoms with Crippen molar-refractivity contribution in [3.8, 4) is 22.3 Å². The summed E-state index contributed by atoms with van der Waals surface area (Å²) in [6.45, 7) is 9.47. The van der Waals surface area contributed by atoms with Gasteiger partial charge in [0.1, 0.15) is 0 Å². The highest BCUT2D eigenvalue weighted by Gasteiger charge is 2.37. The summed E-state index contributed by atoms with van der Waals surface area (Å²) < 4.78 is 2.70. The number of thiophene rings is 1. The van der Waals surface area contributed by atoms with E-state index in [1.807, 2.05) is 11.3 Å². The van der Waals surface area contributed by atoms with E-state index in [-0.39, 0.29) is 10.8 Å². The number of benzene rings is 8. The number of fused-ring (bicyclic) bond motifs is 13. The molecule has 1 nitrogen and oxygen atoms in total. The highest BCUT2D eigenvalue weighted by atomic mass is 32.1. The van der Waals surface area contributed by atoms with E-state index in [0.717, 1.165) is 5.69 Å². The van der Waals surface area contributed by atoms with Crippen LogP contribution >= 0.6 is 11.3 Å². The van der Waals surface area contributed by atoms with Crippen molar-refractivity contribution in [2.75, 3.05) is 4.90 Å². The number of hydrogen-bond donors (Lipinski definition) is 0. The molecule has 0 saturated carbocycles. The predicted molar refractivity (Wildman–Crippen MR) is 224 cm³/mol. The Kier molecular flexibility index (Phi) is 6.02. The van der Waals surface area contributed by atoms with Crippen molar-refractivity contribution in [2.45, 2.75) is 38.5 Å². The topological polar surface area (TPSA) is 3.24 Å². The van der Waals surface area contributed by atoms with E-state index in [9.17, 15) is 0 Å². The molecule has 0 spiro atoms. The Morgan fingerprint density at radius 2 is 0.962 bits per heavy atom. The predicted octanol–water partition coefficient (Wildman–Crippen LogP) is 14.4. The van der Waals surface area contributed by atoms with Crippen molar-refractivity contribution in [1.29, 1.82) is 0 Å². The van der Waals surface area contributed by atoms with Crippen molar-refractivity contribution in [1.82, 2.24) is 0 Å². The van der Waals surface area contributed by atoms with Crippen LogP contribution < -0.4 is 4.90 Å². The Morgan fingerprint density at radius 1 is 0.404 bits per heavy atom. The molecule has 0 N–H and O–H groups in total. The van der Waals surface area contributed by atoms with E-state index in [1.54, 1.807) is 0 Å². The second-order valence-electron chi connectivity index (χ2n) is 15.7. The number of hydrogen-bond acceptors (Lipinski definition) is 2. The molecular weight excluding hydrogens is 647 g/mol. The minimum Gasteiger partial charge on any atom is -0.310 e. The van der Waals surface area contributed by atoms with Crippen LogP contribution in [0.2, 0.25) is 0 Å². The summed E-state index contributed by atoms with van der Waals surface area (Å²) in [6, 6.07) is 57.3. The minimum absolute atomic E-state index is 0.0455. The van der Waals surface area contributed by atoms with Crippen molar-refractivity contribution in [3.05, 3.63) is 174 Å². The molecule has 2 aliphatic rings. The maximum atomic E-state index is 2.50. The SMILES string of the molecule is CC1(C)c2ccccc2-c2cc(N(c3ccc4c(c3)C(C)(C)c3ccccc3-4)c3ccc4ccc5ccc6c7ccccc7sc6c5c4c3)ccc21. The molecule has 0 amide bonds. The van der Waals surface area contributed by atoms with Crippen LogP contribution in [0.15, 0.2) is 152 Å². The molecule has 0 unspecified atom stereocenters. The first-order valence-corrected chi connectivity index (χ1v) is 19.2. The smallest absolute Gasteiger partial charge is 0.0468 e. The first kappa shape index (κ1) is 30.0. The summed E-state index contributed by atoms with van der Waals surface area (Å²) in [6.07, 6.45) is 0. The van der Waals surface area contributed by atoms with E-state index >= 15 is 0 Å². The van der Waals surface area contributed by atoms with Gasteiger partial charge in [0.15, 0.2) is 0 Å². The Hall–Kier alpha value is -5.70. The summed E-state index contributed by atoms with van der Waals surface area (Å²) in [5, 5.41) is 7.84. The van der Waals surface area contributed by atoms with Gasteiger partial charge < -0.3 is 4.90 Å². The zero-order valence-electron chi connectivity index (χ0n) is 29.8. The minimum atomic E-state index is -0.0964. The maximum absolute atomic E-state index is 2.50. The lowest BCUT2D eigenvalue weighted by Gasteiger charge is -2.29. The van der Waals surface area contributed by atoms with Crippen LogP contribution in [0.3, 0.4) is 0 Å². The molecule has 2 heteroatoms. The number of rotatable bonds is 3. The van der Waals surface area contributed by atoms with Crippen molar-refractivity contribution >= 4 is 70.1 Å². The second-order valence-corrected chi connectivity index (χ2v) is 16.8. The third-order valence-corrected chi connectivity index (χ3v) is 13.4. The van der Waals surface area contributed by atoms with Gasteiger partial charge in [-0.25, -0.2) is 0 Å². The third-order valence-electron chi connectivity index (χ3n) is 12.2. The number of nitrogens with zero attached hydrogens (tertiary/aromatic N) is 1. The first-order valence-electron chi connectivity index (χ1n) is 18.3. The molecule has 1 heterocycles. The molecule has 0 bridgehead atoms. The summed E-state index contributed by atoms with van der Waals surface area (Å²) in [5.41, 5.74) is 14.3. The first-order chi connectivity index (χ1) is 25.3. The van der Waals surface area contributed by atoms with E-state index in [4.69, 9.17) is 0 Å². The van der Waals surface area contributed by atoms with E-state index in [1.165, 1.54) is 97.6 Å². The van der Waals surface area contributed by atoms with Gasteiger partial charge in [0.25, 0.3) is 0 Å². The summed E-state index contributed by atoms with van der Waals surface area (Å²) in [5.74, 6) is 0. The van der Waals surface area contributed by atoms with Crippen LogP contribution in [-0.4, -0.2) is 0 Å². The third kappa shape index (κ3) is 3.99. The molecule has 52 heavy (non-hydrogen) atoms. The van der Waals surface area contributed by atoms with Gasteiger partial charge in [0.2, 0.25) is 0 Å². The number of anilines is 3. The monoisotopic (exact) mass is 683 g/mol. The zero-order chi connectivity index (χ0) is 34.9. The van der Waals surface area contributed by atoms with Gasteiger partial charge in [-0.05, 0) is 103 Å². The molecule has 2 aliphatic carbocycles. The molecule has 0 atom stereocenters. The molecular formula is C50H37NS. The van der Waals surface area contributed by atoms with Gasteiger partial charge >= 0.3 is 0 Å². The van der Waals surface area contributed by atoms with Crippen molar-refractivity contribution in [3.63, 3.8) is 0 Å². The molecule has 0 fully saturated rings. The largest absolute Gasteiger partial charge is 0.310 e. The van der Waals surface area contributed by atoms with Crippen LogP contribution in [0, 0.1) is 0 Å². The zero-order valence-corrected chi connectivity index (χ0v) is 30.6. The van der Waals surface area contributed by atoms with E-state index < -0.39 is 0 Å². The lowest BCUT2D eigenvalue weighted by Crippen LogP contribution is -2.17. The van der Waals surface area contributed by atoms with Crippen LogP contribution in [0.5, 0.6) is 0 Å². The Bertz CT molecular complexity index is 2980. The van der Waals surface area contributed by atoms with Crippen LogP contribution in [0.25, 0.3) is 64.0 Å². The van der Waals surface area contributed by atoms with Crippen LogP contribution in [0.4, 0.5) is 17.1 Å². The van der Waals surface area contributed by atoms with Crippen LogP contribution in [0.1, 0.15) is 49.9 Å². The highest BCUT2D eigenvalue weighted by molar-refractivity contribution is 7.26. The quantitative estimate of drug-likeness (QED) is 0.168. The Morgan fingerprint density at radius 3 is 1.79 bits per heavy atom. The fourth-order valence-electron chi connectivity index (χ4n) is 9.57. The standard InChI is InChI=1S/C50H37NS/c1-49(2)43-15-9-6-12-36(43)41-28-33(23-26-44(41)49)51(34-22-25-37-35-11-5-8-14-42(35)50(3,4)45(37)29-34)32-21-19-30-17-18-31-20-24-39-38-13-7-10-16-46(38)52-48(39)47(31)40(30)27-32/h5-29H,1-4H3. The Balaban J connectivity index is 1.18. The van der Waals surface area contributed by atoms with Gasteiger partial charge in [-0.1, -0.05) is 137 Å². The molecule has 0 saturated heterocycles. The molecule has 8 aromatic carbocycles. The van der Waals surface area contributed by atoms with Crippen molar-refractivity contribution < 1.29 is 0 Å². The van der Waals surface area contributed by atoms with Gasteiger partial charge in [-0.3, -0.25) is 0 Å². The van der Waals surface area contributed by atoms with Gasteiger partial charge in [0, 0.05) is 53.5 Å². The summed E-state index contributed by atoms with van der Waals surface area (Å²) in [7, 11) is 0. The lowest BCUT2D eigenvalue weighted by molar-refractivity contribution is 0.660. The van der Waals surface area contributed by atoms with Gasteiger partial charge in [-0.2, -0.15) is 0 Å². The summed E-state index contributed by atoms with van der Waals surface area (Å²) in [4.78, 5) is 2.50. The lowest BCUT2D eigenvalue weighted by atomic mass is 9.82.